The monoisotopic (exact) mass is 400 g/mol. The molecule has 6 nitrogen and oxygen atoms in total. The number of rotatable bonds is 7. The maximum absolute atomic E-state index is 12.7. The van der Waals surface area contributed by atoms with Gasteiger partial charge in [0.15, 0.2) is 0 Å². The lowest BCUT2D eigenvalue weighted by atomic mass is 10.1. The summed E-state index contributed by atoms with van der Waals surface area (Å²) in [5.41, 5.74) is 3.29. The minimum Gasteiger partial charge on any atom is -0.496 e. The molecule has 0 bridgehead atoms. The van der Waals surface area contributed by atoms with E-state index in [1.807, 2.05) is 53.7 Å². The van der Waals surface area contributed by atoms with Crippen LogP contribution in [-0.4, -0.2) is 33.9 Å². The number of hydrogen-bond donors (Lipinski definition) is 1. The third-order valence-electron chi connectivity index (χ3n) is 4.60. The van der Waals surface area contributed by atoms with Crippen molar-refractivity contribution >= 4 is 17.5 Å². The highest BCUT2D eigenvalue weighted by atomic mass is 35.5. The smallest absolute Gasteiger partial charge is 0.255 e. The molecule has 3 rings (SSSR count). The average Bonchev–Trinajstić information content (AvgIpc) is 3.29. The van der Waals surface area contributed by atoms with Crippen LogP contribution < -0.4 is 10.1 Å². The van der Waals surface area contributed by atoms with Crippen LogP contribution in [-0.2, 0) is 6.54 Å². The summed E-state index contributed by atoms with van der Waals surface area (Å²) >= 11 is 6.42. The molecule has 1 amide bonds. The highest BCUT2D eigenvalue weighted by molar-refractivity contribution is 6.33. The van der Waals surface area contributed by atoms with Gasteiger partial charge in [0, 0.05) is 37.2 Å². The second kappa shape index (κ2) is 8.52. The molecule has 2 aromatic heterocycles. The number of aryl methyl sites for hydroxylation is 2. The largest absolute Gasteiger partial charge is 0.496 e. The van der Waals surface area contributed by atoms with Crippen molar-refractivity contribution in [2.45, 2.75) is 27.3 Å². The molecular weight excluding hydrogens is 376 g/mol. The summed E-state index contributed by atoms with van der Waals surface area (Å²) in [6, 6.07) is 9.29. The quantitative estimate of drug-likeness (QED) is 0.651. The predicted molar refractivity (Wildman–Crippen MR) is 111 cm³/mol. The Morgan fingerprint density at radius 2 is 1.96 bits per heavy atom. The number of carbonyl (C=O) groups excluding carboxylic acids is 1. The van der Waals surface area contributed by atoms with E-state index in [-0.39, 0.29) is 11.8 Å². The molecule has 2 heterocycles. The minimum absolute atomic E-state index is 0.210. The molecule has 3 aromatic rings. The Labute approximate surface area is 170 Å². The second-order valence-electron chi connectivity index (χ2n) is 7.02. The number of aromatic nitrogens is 3. The number of nitrogens with zero attached hydrogens (tertiary/aromatic N) is 3. The van der Waals surface area contributed by atoms with Crippen LogP contribution in [0.1, 0.15) is 28.7 Å². The van der Waals surface area contributed by atoms with Crippen molar-refractivity contribution in [3.8, 4) is 11.4 Å². The van der Waals surface area contributed by atoms with Crippen LogP contribution in [0.4, 0.5) is 0 Å². The van der Waals surface area contributed by atoms with Crippen molar-refractivity contribution in [3.63, 3.8) is 0 Å². The van der Waals surface area contributed by atoms with E-state index >= 15 is 0 Å². The van der Waals surface area contributed by atoms with Gasteiger partial charge in [-0.25, -0.2) is 0 Å². The summed E-state index contributed by atoms with van der Waals surface area (Å²) in [7, 11) is 1.55. The summed E-state index contributed by atoms with van der Waals surface area (Å²) in [6.45, 7) is 7.35. The summed E-state index contributed by atoms with van der Waals surface area (Å²) < 4.78 is 9.28. The highest BCUT2D eigenvalue weighted by Crippen LogP contribution is 2.30. The van der Waals surface area contributed by atoms with Gasteiger partial charge in [0.2, 0.25) is 0 Å². The van der Waals surface area contributed by atoms with Crippen molar-refractivity contribution in [2.75, 3.05) is 13.7 Å². The van der Waals surface area contributed by atoms with E-state index in [1.54, 1.807) is 19.2 Å². The Bertz CT molecular complexity index is 963. The molecule has 0 saturated heterocycles. The first-order chi connectivity index (χ1) is 13.4. The molecule has 0 aliphatic carbocycles. The summed E-state index contributed by atoms with van der Waals surface area (Å²) in [5, 5.41) is 7.93. The Morgan fingerprint density at radius 1 is 1.25 bits per heavy atom. The van der Waals surface area contributed by atoms with Crippen LogP contribution >= 0.6 is 11.6 Å². The highest BCUT2D eigenvalue weighted by Gasteiger charge is 2.17. The topological polar surface area (TPSA) is 61.1 Å². The van der Waals surface area contributed by atoms with Gasteiger partial charge >= 0.3 is 0 Å². The van der Waals surface area contributed by atoms with E-state index < -0.39 is 0 Å². The fourth-order valence-electron chi connectivity index (χ4n) is 3.16. The normalized spacial score (nSPS) is 12.0. The molecule has 1 aromatic carbocycles. The Hall–Kier alpha value is -2.73. The number of halogens is 1. The van der Waals surface area contributed by atoms with Crippen LogP contribution in [0, 0.1) is 19.8 Å². The molecule has 7 heteroatoms. The van der Waals surface area contributed by atoms with E-state index in [9.17, 15) is 4.79 Å². The van der Waals surface area contributed by atoms with Crippen molar-refractivity contribution in [2.24, 2.45) is 5.92 Å². The average molecular weight is 401 g/mol. The number of methoxy groups -OCH3 is 1. The van der Waals surface area contributed by atoms with E-state index in [4.69, 9.17) is 16.3 Å². The lowest BCUT2D eigenvalue weighted by Gasteiger charge is -2.16. The fourth-order valence-corrected chi connectivity index (χ4v) is 3.42. The van der Waals surface area contributed by atoms with Gasteiger partial charge < -0.3 is 14.6 Å². The SMILES string of the molecule is COc1cc(-n2cccc2)c(Cl)cc1C(=O)NCC(C)Cn1nc(C)cc1C. The van der Waals surface area contributed by atoms with Crippen molar-refractivity contribution in [3.05, 3.63) is 64.7 Å². The van der Waals surface area contributed by atoms with Crippen LogP contribution in [0.15, 0.2) is 42.7 Å². The van der Waals surface area contributed by atoms with E-state index in [0.717, 1.165) is 23.6 Å². The number of amides is 1. The number of carbonyl (C=O) groups is 1. The van der Waals surface area contributed by atoms with E-state index in [1.165, 1.54) is 0 Å². The molecule has 0 fully saturated rings. The minimum atomic E-state index is -0.210. The van der Waals surface area contributed by atoms with Gasteiger partial charge in [-0.1, -0.05) is 18.5 Å². The maximum Gasteiger partial charge on any atom is 0.255 e. The molecule has 1 N–H and O–H groups in total. The Kier molecular flexibility index (Phi) is 6.09. The molecule has 28 heavy (non-hydrogen) atoms. The standard InChI is InChI=1S/C21H25ClN4O2/c1-14(13-26-16(3)9-15(2)24-26)12-23-21(27)17-10-18(22)19(11-20(17)28-4)25-7-5-6-8-25/h5-11,14H,12-13H2,1-4H3,(H,23,27). The lowest BCUT2D eigenvalue weighted by Crippen LogP contribution is -2.30. The summed E-state index contributed by atoms with van der Waals surface area (Å²) in [5.74, 6) is 0.498. The molecule has 0 spiro atoms. The lowest BCUT2D eigenvalue weighted by molar-refractivity contribution is 0.0943. The Balaban J connectivity index is 1.70. The predicted octanol–water partition coefficient (Wildman–Crippen LogP) is 4.02. The van der Waals surface area contributed by atoms with E-state index in [2.05, 4.69) is 17.3 Å². The van der Waals surface area contributed by atoms with Gasteiger partial charge in [-0.3, -0.25) is 9.48 Å². The molecule has 1 unspecified atom stereocenters. The zero-order valence-corrected chi connectivity index (χ0v) is 17.3. The first-order valence-electron chi connectivity index (χ1n) is 9.19. The van der Waals surface area contributed by atoms with Gasteiger partial charge in [-0.15, -0.1) is 0 Å². The first kappa shape index (κ1) is 20.0. The zero-order valence-electron chi connectivity index (χ0n) is 16.6. The number of ether oxygens (including phenoxy) is 1. The van der Waals surface area contributed by atoms with Gasteiger partial charge in [-0.05, 0) is 44.0 Å². The third kappa shape index (κ3) is 4.39. The molecule has 148 valence electrons. The van der Waals surface area contributed by atoms with Crippen LogP contribution in [0.25, 0.3) is 5.69 Å². The van der Waals surface area contributed by atoms with Crippen molar-refractivity contribution in [1.29, 1.82) is 0 Å². The molecule has 0 radical (unpaired) electrons. The van der Waals surface area contributed by atoms with Gasteiger partial charge in [0.05, 0.1) is 29.1 Å². The van der Waals surface area contributed by atoms with Crippen LogP contribution in [0.2, 0.25) is 5.02 Å². The van der Waals surface area contributed by atoms with Crippen LogP contribution in [0.5, 0.6) is 5.75 Å². The number of hydrogen-bond acceptors (Lipinski definition) is 3. The second-order valence-corrected chi connectivity index (χ2v) is 7.43. The summed E-state index contributed by atoms with van der Waals surface area (Å²) in [4.78, 5) is 12.7. The van der Waals surface area contributed by atoms with E-state index in [0.29, 0.717) is 22.9 Å². The molecule has 0 aliphatic rings. The summed E-state index contributed by atoms with van der Waals surface area (Å²) in [6.07, 6.45) is 3.78. The number of benzene rings is 1. The van der Waals surface area contributed by atoms with Crippen molar-refractivity contribution in [1.82, 2.24) is 19.7 Å². The van der Waals surface area contributed by atoms with Crippen LogP contribution in [0.3, 0.4) is 0 Å². The molecule has 0 aliphatic heterocycles. The molecule has 0 saturated carbocycles. The molecule has 1 atom stereocenters. The first-order valence-corrected chi connectivity index (χ1v) is 9.57. The van der Waals surface area contributed by atoms with Gasteiger partial charge in [0.25, 0.3) is 5.91 Å². The zero-order chi connectivity index (χ0) is 20.3. The Morgan fingerprint density at radius 3 is 2.57 bits per heavy atom. The number of nitrogens with one attached hydrogen (secondary N) is 1. The fraction of sp³-hybridized carbons (Fsp3) is 0.333. The maximum atomic E-state index is 12.7. The van der Waals surface area contributed by atoms with Gasteiger partial charge in [0.1, 0.15) is 5.75 Å². The van der Waals surface area contributed by atoms with Crippen molar-refractivity contribution < 1.29 is 9.53 Å². The molecular formula is C21H25ClN4O2. The third-order valence-corrected chi connectivity index (χ3v) is 4.90. The van der Waals surface area contributed by atoms with Gasteiger partial charge in [-0.2, -0.15) is 5.10 Å².